The molecule has 118 valence electrons. The Morgan fingerprint density at radius 3 is 2.62 bits per heavy atom. The van der Waals surface area contributed by atoms with Gasteiger partial charge in [-0.1, -0.05) is 6.07 Å². The van der Waals surface area contributed by atoms with Gasteiger partial charge in [-0.3, -0.25) is 0 Å². The van der Waals surface area contributed by atoms with E-state index in [4.69, 9.17) is 10.5 Å². The Hall–Kier alpha value is -1.11. The first-order valence-electron chi connectivity index (χ1n) is 7.12. The van der Waals surface area contributed by atoms with Crippen molar-refractivity contribution in [2.45, 2.75) is 44.1 Å². The van der Waals surface area contributed by atoms with Crippen molar-refractivity contribution in [2.24, 2.45) is 0 Å². The van der Waals surface area contributed by atoms with Crippen molar-refractivity contribution in [2.75, 3.05) is 25.9 Å². The van der Waals surface area contributed by atoms with E-state index in [2.05, 4.69) is 0 Å². The fraction of sp³-hybridized carbons (Fsp3) is 0.600. The topological polar surface area (TPSA) is 72.6 Å². The van der Waals surface area contributed by atoms with Gasteiger partial charge in [0.1, 0.15) is 4.90 Å². The van der Waals surface area contributed by atoms with Crippen molar-refractivity contribution in [1.29, 1.82) is 0 Å². The number of hydrogen-bond acceptors (Lipinski definition) is 4. The van der Waals surface area contributed by atoms with Gasteiger partial charge in [-0.05, 0) is 50.8 Å². The van der Waals surface area contributed by atoms with Crippen LogP contribution in [0.1, 0.15) is 30.9 Å². The summed E-state index contributed by atoms with van der Waals surface area (Å²) >= 11 is 0. The third-order valence-corrected chi connectivity index (χ3v) is 6.47. The summed E-state index contributed by atoms with van der Waals surface area (Å²) < 4.78 is 32.9. The second kappa shape index (κ2) is 5.59. The zero-order valence-electron chi connectivity index (χ0n) is 13.1. The zero-order valence-corrected chi connectivity index (χ0v) is 14.0. The maximum Gasteiger partial charge on any atom is 0.245 e. The third kappa shape index (κ3) is 2.93. The molecule has 0 amide bonds. The minimum absolute atomic E-state index is 0.239. The van der Waals surface area contributed by atoms with Crippen molar-refractivity contribution in [1.82, 2.24) is 4.31 Å². The zero-order chi connectivity index (χ0) is 15.8. The van der Waals surface area contributed by atoms with E-state index in [1.807, 2.05) is 19.9 Å². The Balaban J connectivity index is 2.46. The van der Waals surface area contributed by atoms with Crippen LogP contribution in [0.25, 0.3) is 0 Å². The molecule has 0 saturated carbocycles. The van der Waals surface area contributed by atoms with Crippen LogP contribution in [0.5, 0.6) is 0 Å². The van der Waals surface area contributed by atoms with E-state index in [0.29, 0.717) is 18.8 Å². The van der Waals surface area contributed by atoms with Crippen molar-refractivity contribution in [3.05, 3.63) is 23.3 Å². The van der Waals surface area contributed by atoms with Crippen LogP contribution in [-0.4, -0.2) is 38.5 Å². The minimum atomic E-state index is -3.60. The maximum atomic E-state index is 13.0. The summed E-state index contributed by atoms with van der Waals surface area (Å²) in [5, 5.41) is 0. The average Bonchev–Trinajstić information content (AvgIpc) is 2.43. The lowest BCUT2D eigenvalue weighted by atomic mass is 9.96. The van der Waals surface area contributed by atoms with Gasteiger partial charge in [0.2, 0.25) is 10.0 Å². The Labute approximate surface area is 127 Å². The molecule has 1 aromatic rings. The fourth-order valence-electron chi connectivity index (χ4n) is 2.81. The first-order valence-corrected chi connectivity index (χ1v) is 8.56. The van der Waals surface area contributed by atoms with Gasteiger partial charge in [-0.15, -0.1) is 0 Å². The quantitative estimate of drug-likeness (QED) is 0.867. The molecule has 0 radical (unpaired) electrons. The Kier molecular flexibility index (Phi) is 4.33. The van der Waals surface area contributed by atoms with Gasteiger partial charge < -0.3 is 10.5 Å². The molecule has 1 saturated heterocycles. The predicted molar refractivity (Wildman–Crippen MR) is 83.7 cm³/mol. The fourth-order valence-corrected chi connectivity index (χ4v) is 4.80. The standard InChI is InChI=1S/C15H24N2O3S/c1-11-6-7-13(16)14(12(11)2)21(18,19)17-9-5-8-15(3,10-17)20-4/h6-7H,5,8-10,16H2,1-4H3. The van der Waals surface area contributed by atoms with Crippen LogP contribution in [0.15, 0.2) is 17.0 Å². The van der Waals surface area contributed by atoms with E-state index in [-0.39, 0.29) is 4.90 Å². The Morgan fingerprint density at radius 1 is 1.33 bits per heavy atom. The number of sulfonamides is 1. The number of nitrogens with two attached hydrogens (primary N) is 1. The van der Waals surface area contributed by atoms with Gasteiger partial charge in [-0.25, -0.2) is 8.42 Å². The first kappa shape index (κ1) is 16.3. The number of aryl methyl sites for hydroxylation is 1. The summed E-state index contributed by atoms with van der Waals surface area (Å²) in [5.41, 5.74) is 7.47. The minimum Gasteiger partial charge on any atom is -0.398 e. The molecule has 2 N–H and O–H groups in total. The largest absolute Gasteiger partial charge is 0.398 e. The number of benzene rings is 1. The highest BCUT2D eigenvalue weighted by molar-refractivity contribution is 7.89. The lowest BCUT2D eigenvalue weighted by molar-refractivity contribution is -0.0319. The predicted octanol–water partition coefficient (Wildman–Crippen LogP) is 2.08. The number of methoxy groups -OCH3 is 1. The number of anilines is 1. The van der Waals surface area contributed by atoms with E-state index in [0.717, 1.165) is 24.0 Å². The molecule has 1 aromatic carbocycles. The molecule has 0 bridgehead atoms. The normalized spacial score (nSPS) is 24.2. The van der Waals surface area contributed by atoms with Gasteiger partial charge in [-0.2, -0.15) is 4.31 Å². The van der Waals surface area contributed by atoms with Gasteiger partial charge in [0.05, 0.1) is 11.3 Å². The highest BCUT2D eigenvalue weighted by Gasteiger charge is 2.38. The molecule has 0 aliphatic carbocycles. The summed E-state index contributed by atoms with van der Waals surface area (Å²) in [7, 11) is -1.97. The third-order valence-electron chi connectivity index (χ3n) is 4.42. The van der Waals surface area contributed by atoms with Crippen molar-refractivity contribution in [3.63, 3.8) is 0 Å². The van der Waals surface area contributed by atoms with Crippen LogP contribution in [0.2, 0.25) is 0 Å². The monoisotopic (exact) mass is 312 g/mol. The number of hydrogen-bond donors (Lipinski definition) is 1. The van der Waals surface area contributed by atoms with Crippen molar-refractivity contribution < 1.29 is 13.2 Å². The summed E-state index contributed by atoms with van der Waals surface area (Å²) in [6.07, 6.45) is 1.64. The van der Waals surface area contributed by atoms with Crippen molar-refractivity contribution in [3.8, 4) is 0 Å². The molecular weight excluding hydrogens is 288 g/mol. The van der Waals surface area contributed by atoms with E-state index in [1.165, 1.54) is 4.31 Å². The number of rotatable bonds is 3. The molecule has 1 unspecified atom stereocenters. The molecule has 5 nitrogen and oxygen atoms in total. The van der Waals surface area contributed by atoms with Crippen LogP contribution in [-0.2, 0) is 14.8 Å². The van der Waals surface area contributed by atoms with E-state index < -0.39 is 15.6 Å². The summed E-state index contributed by atoms with van der Waals surface area (Å²) in [4.78, 5) is 0.239. The second-order valence-corrected chi connectivity index (χ2v) is 7.90. The molecule has 0 spiro atoms. The van der Waals surface area contributed by atoms with E-state index in [9.17, 15) is 8.42 Å². The van der Waals surface area contributed by atoms with Crippen LogP contribution in [0, 0.1) is 13.8 Å². The lowest BCUT2D eigenvalue weighted by Gasteiger charge is -2.39. The van der Waals surface area contributed by atoms with Gasteiger partial charge in [0.25, 0.3) is 0 Å². The Morgan fingerprint density at radius 2 is 2.00 bits per heavy atom. The average molecular weight is 312 g/mol. The van der Waals surface area contributed by atoms with Crippen molar-refractivity contribution >= 4 is 15.7 Å². The molecule has 21 heavy (non-hydrogen) atoms. The van der Waals surface area contributed by atoms with Gasteiger partial charge >= 0.3 is 0 Å². The van der Waals surface area contributed by atoms with Crippen LogP contribution in [0.3, 0.4) is 0 Å². The number of nitrogen functional groups attached to an aromatic ring is 1. The summed E-state index contributed by atoms with van der Waals surface area (Å²) in [6.45, 7) is 6.51. The lowest BCUT2D eigenvalue weighted by Crippen LogP contribution is -2.49. The number of nitrogens with zero attached hydrogens (tertiary/aromatic N) is 1. The van der Waals surface area contributed by atoms with Crippen LogP contribution >= 0.6 is 0 Å². The summed E-state index contributed by atoms with van der Waals surface area (Å²) in [5.74, 6) is 0. The molecule has 0 aromatic heterocycles. The van der Waals surface area contributed by atoms with E-state index >= 15 is 0 Å². The second-order valence-electron chi connectivity index (χ2n) is 6.02. The maximum absolute atomic E-state index is 13.0. The molecular formula is C15H24N2O3S. The van der Waals surface area contributed by atoms with Gasteiger partial charge in [0, 0.05) is 20.2 Å². The molecule has 1 fully saturated rings. The highest BCUT2D eigenvalue weighted by Crippen LogP contribution is 2.32. The van der Waals surface area contributed by atoms with E-state index in [1.54, 1.807) is 20.1 Å². The smallest absolute Gasteiger partial charge is 0.245 e. The molecule has 1 aliphatic heterocycles. The number of piperidine rings is 1. The summed E-state index contributed by atoms with van der Waals surface area (Å²) in [6, 6.07) is 3.51. The van der Waals surface area contributed by atoms with Crippen LogP contribution < -0.4 is 5.73 Å². The molecule has 1 atom stereocenters. The molecule has 6 heteroatoms. The van der Waals surface area contributed by atoms with Crippen LogP contribution in [0.4, 0.5) is 5.69 Å². The first-order chi connectivity index (χ1) is 9.71. The highest BCUT2D eigenvalue weighted by atomic mass is 32.2. The number of ether oxygens (including phenoxy) is 1. The SMILES string of the molecule is COC1(C)CCCN(S(=O)(=O)c2c(N)ccc(C)c2C)C1. The molecule has 1 aliphatic rings. The molecule has 1 heterocycles. The molecule has 2 rings (SSSR count). The Bertz CT molecular complexity index is 643. The van der Waals surface area contributed by atoms with Gasteiger partial charge in [0.15, 0.2) is 0 Å².